The number of nitrogens with one attached hydrogen (secondary N) is 1. The Labute approximate surface area is 123 Å². The summed E-state index contributed by atoms with van der Waals surface area (Å²) in [5.74, 6) is 1.81. The Morgan fingerprint density at radius 3 is 2.90 bits per heavy atom. The van der Waals surface area contributed by atoms with Crippen LogP contribution in [-0.2, 0) is 0 Å². The van der Waals surface area contributed by atoms with E-state index in [-0.39, 0.29) is 0 Å². The highest BCUT2D eigenvalue weighted by molar-refractivity contribution is 5.39. The molecule has 0 spiro atoms. The van der Waals surface area contributed by atoms with E-state index in [1.807, 2.05) is 7.05 Å². The fourth-order valence-electron chi connectivity index (χ4n) is 3.18. The number of hydrogen-bond acceptors (Lipinski definition) is 3. The number of piperidine rings is 1. The molecule has 2 unspecified atom stereocenters. The van der Waals surface area contributed by atoms with Gasteiger partial charge in [0, 0.05) is 24.7 Å². The Morgan fingerprint density at radius 1 is 1.45 bits per heavy atom. The molecular formula is C17H28N2O. The molecule has 1 aliphatic rings. The lowest BCUT2D eigenvalue weighted by atomic mass is 9.98. The van der Waals surface area contributed by atoms with Gasteiger partial charge in [-0.05, 0) is 45.3 Å². The molecule has 1 fully saturated rings. The maximum Gasteiger partial charge on any atom is 0.123 e. The second-order valence-corrected chi connectivity index (χ2v) is 6.09. The summed E-state index contributed by atoms with van der Waals surface area (Å²) in [5.41, 5.74) is 2.56. The van der Waals surface area contributed by atoms with E-state index in [9.17, 15) is 0 Å². The zero-order chi connectivity index (χ0) is 14.5. The number of benzene rings is 1. The van der Waals surface area contributed by atoms with Gasteiger partial charge in [0.15, 0.2) is 0 Å². The Bertz CT molecular complexity index is 433. The van der Waals surface area contributed by atoms with Crippen molar-refractivity contribution < 1.29 is 4.74 Å². The number of rotatable bonds is 5. The highest BCUT2D eigenvalue weighted by Crippen LogP contribution is 2.28. The van der Waals surface area contributed by atoms with Gasteiger partial charge in [0.2, 0.25) is 0 Å². The maximum atomic E-state index is 5.53. The molecule has 1 aromatic rings. The van der Waals surface area contributed by atoms with Gasteiger partial charge in [-0.15, -0.1) is 0 Å². The van der Waals surface area contributed by atoms with E-state index in [2.05, 4.69) is 42.3 Å². The van der Waals surface area contributed by atoms with Gasteiger partial charge in [-0.25, -0.2) is 0 Å². The molecule has 1 heterocycles. The van der Waals surface area contributed by atoms with E-state index in [4.69, 9.17) is 4.74 Å². The highest BCUT2D eigenvalue weighted by Gasteiger charge is 2.22. The molecule has 0 aliphatic carbocycles. The number of ether oxygens (including phenoxy) is 1. The van der Waals surface area contributed by atoms with Crippen LogP contribution in [0.5, 0.6) is 5.75 Å². The predicted molar refractivity (Wildman–Crippen MR) is 84.4 cm³/mol. The first-order valence-electron chi connectivity index (χ1n) is 7.68. The van der Waals surface area contributed by atoms with Crippen molar-refractivity contribution in [3.8, 4) is 5.75 Å². The van der Waals surface area contributed by atoms with Crippen molar-refractivity contribution in [3.63, 3.8) is 0 Å². The zero-order valence-corrected chi connectivity index (χ0v) is 13.3. The molecule has 1 saturated heterocycles. The van der Waals surface area contributed by atoms with Crippen LogP contribution in [0, 0.1) is 12.8 Å². The van der Waals surface area contributed by atoms with Gasteiger partial charge in [-0.3, -0.25) is 0 Å². The molecule has 0 bridgehead atoms. The molecule has 0 saturated carbocycles. The second-order valence-electron chi connectivity index (χ2n) is 6.09. The number of aryl methyl sites for hydroxylation is 1. The van der Waals surface area contributed by atoms with Crippen LogP contribution in [-0.4, -0.2) is 38.7 Å². The summed E-state index contributed by atoms with van der Waals surface area (Å²) in [6.07, 6.45) is 2.69. The predicted octanol–water partition coefficient (Wildman–Crippen LogP) is 3.00. The average molecular weight is 276 g/mol. The van der Waals surface area contributed by atoms with E-state index >= 15 is 0 Å². The summed E-state index contributed by atoms with van der Waals surface area (Å²) < 4.78 is 5.53. The van der Waals surface area contributed by atoms with Crippen molar-refractivity contribution >= 4 is 0 Å². The molecule has 112 valence electrons. The van der Waals surface area contributed by atoms with E-state index in [0.717, 1.165) is 18.2 Å². The minimum absolute atomic E-state index is 0.329. The van der Waals surface area contributed by atoms with Crippen molar-refractivity contribution in [2.75, 3.05) is 33.8 Å². The third kappa shape index (κ3) is 3.74. The first kappa shape index (κ1) is 15.3. The fraction of sp³-hybridized carbons (Fsp3) is 0.647. The van der Waals surface area contributed by atoms with Crippen LogP contribution in [0.4, 0.5) is 0 Å². The summed E-state index contributed by atoms with van der Waals surface area (Å²) in [7, 11) is 3.80. The Kier molecular flexibility index (Phi) is 5.44. The van der Waals surface area contributed by atoms with Gasteiger partial charge in [-0.2, -0.15) is 0 Å². The quantitative estimate of drug-likeness (QED) is 0.895. The second kappa shape index (κ2) is 7.09. The van der Waals surface area contributed by atoms with E-state index in [0.29, 0.717) is 6.04 Å². The summed E-state index contributed by atoms with van der Waals surface area (Å²) in [5, 5.41) is 3.46. The molecule has 0 aromatic heterocycles. The molecule has 1 aliphatic heterocycles. The molecule has 20 heavy (non-hydrogen) atoms. The van der Waals surface area contributed by atoms with E-state index < -0.39 is 0 Å². The Morgan fingerprint density at radius 2 is 2.25 bits per heavy atom. The summed E-state index contributed by atoms with van der Waals surface area (Å²) in [6, 6.07) is 6.76. The molecule has 3 nitrogen and oxygen atoms in total. The first-order valence-corrected chi connectivity index (χ1v) is 7.68. The topological polar surface area (TPSA) is 24.5 Å². The third-order valence-corrected chi connectivity index (χ3v) is 4.29. The Balaban J connectivity index is 2.13. The van der Waals surface area contributed by atoms with Crippen LogP contribution in [0.25, 0.3) is 0 Å². The van der Waals surface area contributed by atoms with Crippen molar-refractivity contribution in [1.29, 1.82) is 0 Å². The van der Waals surface area contributed by atoms with Gasteiger partial charge < -0.3 is 15.0 Å². The first-order chi connectivity index (χ1) is 9.63. The lowest BCUT2D eigenvalue weighted by molar-refractivity contribution is 0.168. The summed E-state index contributed by atoms with van der Waals surface area (Å²) >= 11 is 0. The molecule has 3 heteroatoms. The smallest absolute Gasteiger partial charge is 0.123 e. The lowest BCUT2D eigenvalue weighted by Crippen LogP contribution is -2.40. The zero-order valence-electron chi connectivity index (χ0n) is 13.3. The van der Waals surface area contributed by atoms with E-state index in [1.165, 1.54) is 37.1 Å². The molecule has 0 radical (unpaired) electrons. The monoisotopic (exact) mass is 276 g/mol. The molecule has 1 aromatic carbocycles. The normalized spacial score (nSPS) is 21.7. The van der Waals surface area contributed by atoms with Gasteiger partial charge in [-0.1, -0.05) is 24.6 Å². The van der Waals surface area contributed by atoms with Gasteiger partial charge >= 0.3 is 0 Å². The van der Waals surface area contributed by atoms with E-state index in [1.54, 1.807) is 7.11 Å². The van der Waals surface area contributed by atoms with Crippen LogP contribution in [0.2, 0.25) is 0 Å². The number of nitrogens with zero attached hydrogens (tertiary/aromatic N) is 1. The van der Waals surface area contributed by atoms with Crippen molar-refractivity contribution in [2.24, 2.45) is 5.92 Å². The van der Waals surface area contributed by atoms with Crippen LogP contribution in [0.15, 0.2) is 18.2 Å². The van der Waals surface area contributed by atoms with Crippen LogP contribution in [0.1, 0.15) is 36.9 Å². The highest BCUT2D eigenvalue weighted by atomic mass is 16.5. The van der Waals surface area contributed by atoms with Crippen LogP contribution < -0.4 is 10.1 Å². The minimum Gasteiger partial charge on any atom is -0.496 e. The number of methoxy groups -OCH3 is 1. The van der Waals surface area contributed by atoms with Crippen LogP contribution in [0.3, 0.4) is 0 Å². The third-order valence-electron chi connectivity index (χ3n) is 4.29. The largest absolute Gasteiger partial charge is 0.496 e. The maximum absolute atomic E-state index is 5.53. The summed E-state index contributed by atoms with van der Waals surface area (Å²) in [6.45, 7) is 7.98. The summed E-state index contributed by atoms with van der Waals surface area (Å²) in [4.78, 5) is 2.58. The molecule has 2 rings (SSSR count). The number of likely N-dealkylation sites (tertiary alicyclic amines) is 1. The number of likely N-dealkylation sites (N-methyl/N-ethyl adjacent to an activating group) is 1. The molecular weight excluding hydrogens is 248 g/mol. The van der Waals surface area contributed by atoms with Crippen molar-refractivity contribution in [1.82, 2.24) is 10.2 Å². The van der Waals surface area contributed by atoms with Gasteiger partial charge in [0.25, 0.3) is 0 Å². The standard InChI is InChI=1S/C17H28N2O/c1-13-7-8-17(20-4)15(10-13)16(18-3)12-19-9-5-6-14(2)11-19/h7-8,10,14,16,18H,5-6,9,11-12H2,1-4H3. The fourth-order valence-corrected chi connectivity index (χ4v) is 3.18. The Hall–Kier alpha value is -1.06. The van der Waals surface area contributed by atoms with Crippen molar-refractivity contribution in [3.05, 3.63) is 29.3 Å². The molecule has 0 amide bonds. The SMILES string of the molecule is CNC(CN1CCCC(C)C1)c1cc(C)ccc1OC. The average Bonchev–Trinajstić information content (AvgIpc) is 2.45. The van der Waals surface area contributed by atoms with Gasteiger partial charge in [0.1, 0.15) is 5.75 Å². The van der Waals surface area contributed by atoms with Gasteiger partial charge in [0.05, 0.1) is 7.11 Å². The number of hydrogen-bond donors (Lipinski definition) is 1. The molecule has 1 N–H and O–H groups in total. The molecule has 2 atom stereocenters. The minimum atomic E-state index is 0.329. The van der Waals surface area contributed by atoms with Crippen LogP contribution >= 0.6 is 0 Å². The lowest BCUT2D eigenvalue weighted by Gasteiger charge is -2.34. The van der Waals surface area contributed by atoms with Crippen molar-refractivity contribution in [2.45, 2.75) is 32.7 Å².